The van der Waals surface area contributed by atoms with Gasteiger partial charge in [-0.15, -0.1) is 0 Å². The zero-order chi connectivity index (χ0) is 13.8. The van der Waals surface area contributed by atoms with Gasteiger partial charge in [0.15, 0.2) is 0 Å². The lowest BCUT2D eigenvalue weighted by Gasteiger charge is -2.31. The zero-order valence-corrected chi connectivity index (χ0v) is 13.6. The smallest absolute Gasteiger partial charge is 0.253 e. The molecule has 1 amide bonds. The molecule has 0 heterocycles. The Balaban J connectivity index is 2.09. The van der Waals surface area contributed by atoms with E-state index in [0.717, 1.165) is 24.6 Å². The summed E-state index contributed by atoms with van der Waals surface area (Å²) in [7, 11) is 0. The molecule has 1 fully saturated rings. The highest BCUT2D eigenvalue weighted by Gasteiger charge is 2.26. The normalized spacial score (nSPS) is 23.1. The van der Waals surface area contributed by atoms with Crippen LogP contribution in [0.15, 0.2) is 18.2 Å². The van der Waals surface area contributed by atoms with Gasteiger partial charge in [0.05, 0.1) is 15.6 Å². The van der Waals surface area contributed by atoms with Gasteiger partial charge in [0, 0.05) is 11.4 Å². The molecular weight excluding hydrogens is 349 g/mol. The molecule has 1 aliphatic rings. The minimum Gasteiger partial charge on any atom is -0.349 e. The van der Waals surface area contributed by atoms with Crippen molar-refractivity contribution in [1.82, 2.24) is 5.32 Å². The second-order valence-corrected chi connectivity index (χ2v) is 6.31. The van der Waals surface area contributed by atoms with E-state index in [2.05, 4.69) is 21.2 Å². The lowest BCUT2D eigenvalue weighted by Crippen LogP contribution is -2.42. The summed E-state index contributed by atoms with van der Waals surface area (Å²) in [5, 5.41) is 4.75. The largest absolute Gasteiger partial charge is 0.349 e. The number of hydrogen-bond acceptors (Lipinski definition) is 1. The summed E-state index contributed by atoms with van der Waals surface area (Å²) in [5.74, 6) is 0.362. The van der Waals surface area contributed by atoms with Gasteiger partial charge in [-0.05, 0) is 30.9 Å². The zero-order valence-electron chi connectivity index (χ0n) is 10.5. The summed E-state index contributed by atoms with van der Waals surface area (Å²) < 4.78 is 0. The molecule has 1 N–H and O–H groups in total. The molecule has 104 valence electrons. The Kier molecular flexibility index (Phi) is 5.55. The number of nitrogens with one attached hydrogen (secondary N) is 1. The summed E-state index contributed by atoms with van der Waals surface area (Å²) in [6, 6.07) is 5.35. The monoisotopic (exact) mass is 363 g/mol. The molecule has 1 aromatic rings. The van der Waals surface area contributed by atoms with Gasteiger partial charge in [-0.25, -0.2) is 0 Å². The number of halogens is 3. The van der Waals surface area contributed by atoms with Gasteiger partial charge in [-0.2, -0.15) is 0 Å². The topological polar surface area (TPSA) is 29.1 Å². The van der Waals surface area contributed by atoms with Gasteiger partial charge < -0.3 is 5.32 Å². The molecule has 0 aliphatic heterocycles. The number of carbonyl (C=O) groups excluding carboxylic acids is 1. The van der Waals surface area contributed by atoms with Crippen molar-refractivity contribution in [2.75, 3.05) is 5.33 Å². The molecule has 0 saturated heterocycles. The van der Waals surface area contributed by atoms with Crippen molar-refractivity contribution in [3.05, 3.63) is 33.8 Å². The van der Waals surface area contributed by atoms with E-state index in [0.29, 0.717) is 21.5 Å². The van der Waals surface area contributed by atoms with Crippen LogP contribution in [-0.4, -0.2) is 17.3 Å². The molecule has 0 spiro atoms. The van der Waals surface area contributed by atoms with Gasteiger partial charge >= 0.3 is 0 Å². The van der Waals surface area contributed by atoms with E-state index in [1.165, 1.54) is 6.42 Å². The standard InChI is InChI=1S/C14H16BrCl2NO/c15-8-9-4-1-2-7-12(9)18-14(19)10-5-3-6-11(16)13(10)17/h3,5-6,9,12H,1-2,4,7-8H2,(H,18,19). The fraction of sp³-hybridized carbons (Fsp3) is 0.500. The van der Waals surface area contributed by atoms with Gasteiger partial charge in [0.1, 0.15) is 0 Å². The molecule has 2 atom stereocenters. The van der Waals surface area contributed by atoms with Crippen molar-refractivity contribution in [1.29, 1.82) is 0 Å². The minimum atomic E-state index is -0.134. The second-order valence-electron chi connectivity index (χ2n) is 4.88. The number of alkyl halides is 1. The van der Waals surface area contributed by atoms with E-state index in [-0.39, 0.29) is 11.9 Å². The van der Waals surface area contributed by atoms with Crippen LogP contribution in [0.25, 0.3) is 0 Å². The molecule has 1 aromatic carbocycles. The maximum atomic E-state index is 12.3. The molecule has 1 aliphatic carbocycles. The van der Waals surface area contributed by atoms with E-state index in [4.69, 9.17) is 23.2 Å². The maximum Gasteiger partial charge on any atom is 0.253 e. The van der Waals surface area contributed by atoms with Crippen LogP contribution in [0.5, 0.6) is 0 Å². The van der Waals surface area contributed by atoms with Crippen molar-refractivity contribution in [3.63, 3.8) is 0 Å². The molecular formula is C14H16BrCl2NO. The number of carbonyl (C=O) groups is 1. The van der Waals surface area contributed by atoms with Crippen LogP contribution in [-0.2, 0) is 0 Å². The Bertz CT molecular complexity index is 467. The first-order chi connectivity index (χ1) is 9.13. The molecule has 0 radical (unpaired) electrons. The van der Waals surface area contributed by atoms with E-state index < -0.39 is 0 Å². The number of hydrogen-bond donors (Lipinski definition) is 1. The number of benzene rings is 1. The lowest BCUT2D eigenvalue weighted by atomic mass is 9.86. The average molecular weight is 365 g/mol. The highest BCUT2D eigenvalue weighted by molar-refractivity contribution is 9.09. The summed E-state index contributed by atoms with van der Waals surface area (Å²) >= 11 is 15.5. The number of amides is 1. The van der Waals surface area contributed by atoms with Crippen LogP contribution in [0, 0.1) is 5.92 Å². The van der Waals surface area contributed by atoms with Crippen LogP contribution >= 0.6 is 39.1 Å². The summed E-state index contributed by atoms with van der Waals surface area (Å²) in [6.45, 7) is 0. The summed E-state index contributed by atoms with van der Waals surface area (Å²) in [6.07, 6.45) is 4.58. The van der Waals surface area contributed by atoms with Crippen molar-refractivity contribution < 1.29 is 4.79 Å². The van der Waals surface area contributed by atoms with Crippen molar-refractivity contribution >= 4 is 45.0 Å². The SMILES string of the molecule is O=C(NC1CCCCC1CBr)c1cccc(Cl)c1Cl. The van der Waals surface area contributed by atoms with Gasteiger partial charge in [-0.3, -0.25) is 4.79 Å². The van der Waals surface area contributed by atoms with Crippen molar-refractivity contribution in [2.24, 2.45) is 5.92 Å². The molecule has 0 bridgehead atoms. The van der Waals surface area contributed by atoms with E-state index in [9.17, 15) is 4.79 Å². The molecule has 2 unspecified atom stereocenters. The van der Waals surface area contributed by atoms with Crippen LogP contribution < -0.4 is 5.32 Å². The molecule has 0 aromatic heterocycles. The Labute approximate surface area is 132 Å². The molecule has 5 heteroatoms. The molecule has 2 nitrogen and oxygen atoms in total. The summed E-state index contributed by atoms with van der Waals surface area (Å²) in [5.41, 5.74) is 0.452. The Morgan fingerprint density at radius 2 is 2.05 bits per heavy atom. The molecule has 19 heavy (non-hydrogen) atoms. The Morgan fingerprint density at radius 3 is 2.79 bits per heavy atom. The predicted octanol–water partition coefficient (Wildman–Crippen LogP) is 4.68. The molecule has 2 rings (SSSR count). The van der Waals surface area contributed by atoms with Crippen molar-refractivity contribution in [2.45, 2.75) is 31.7 Å². The first kappa shape index (κ1) is 15.1. The predicted molar refractivity (Wildman–Crippen MR) is 83.5 cm³/mol. The maximum absolute atomic E-state index is 12.3. The summed E-state index contributed by atoms with van der Waals surface area (Å²) in [4.78, 5) is 12.3. The third-order valence-corrected chi connectivity index (χ3v) is 5.27. The highest BCUT2D eigenvalue weighted by Crippen LogP contribution is 2.28. The lowest BCUT2D eigenvalue weighted by molar-refractivity contribution is 0.0912. The Hall–Kier alpha value is -0.250. The van der Waals surface area contributed by atoms with Gasteiger partial charge in [0.2, 0.25) is 0 Å². The van der Waals surface area contributed by atoms with E-state index in [1.807, 2.05) is 0 Å². The number of rotatable bonds is 3. The van der Waals surface area contributed by atoms with Gasteiger partial charge in [-0.1, -0.05) is 58.0 Å². The first-order valence-electron chi connectivity index (χ1n) is 6.44. The van der Waals surface area contributed by atoms with Gasteiger partial charge in [0.25, 0.3) is 5.91 Å². The average Bonchev–Trinajstić information content (AvgIpc) is 2.42. The van der Waals surface area contributed by atoms with Crippen LogP contribution in [0.3, 0.4) is 0 Å². The third-order valence-electron chi connectivity index (χ3n) is 3.62. The second kappa shape index (κ2) is 6.96. The first-order valence-corrected chi connectivity index (χ1v) is 8.32. The Morgan fingerprint density at radius 1 is 1.32 bits per heavy atom. The minimum absolute atomic E-state index is 0.134. The third kappa shape index (κ3) is 3.65. The quantitative estimate of drug-likeness (QED) is 0.775. The van der Waals surface area contributed by atoms with Crippen LogP contribution in [0.2, 0.25) is 10.0 Å². The fourth-order valence-electron chi connectivity index (χ4n) is 2.51. The highest BCUT2D eigenvalue weighted by atomic mass is 79.9. The van der Waals surface area contributed by atoms with Crippen LogP contribution in [0.1, 0.15) is 36.0 Å². The molecule has 1 saturated carbocycles. The van der Waals surface area contributed by atoms with E-state index >= 15 is 0 Å². The van der Waals surface area contributed by atoms with Crippen LogP contribution in [0.4, 0.5) is 0 Å². The fourth-order valence-corrected chi connectivity index (χ4v) is 3.67. The van der Waals surface area contributed by atoms with E-state index in [1.54, 1.807) is 18.2 Å². The van der Waals surface area contributed by atoms with Crippen molar-refractivity contribution in [3.8, 4) is 0 Å².